The molecule has 3 rings (SSSR count). The number of pyridine rings is 1. The first-order chi connectivity index (χ1) is 9.75. The average molecular weight is 266 g/mol. The van der Waals surface area contributed by atoms with Gasteiger partial charge in [0.1, 0.15) is 0 Å². The number of aromatic carboxylic acids is 1. The van der Waals surface area contributed by atoms with Crippen LogP contribution in [0.4, 0.5) is 11.4 Å². The molecule has 0 atom stereocenters. The molecule has 2 N–H and O–H groups in total. The number of aromatic nitrogens is 3. The normalized spacial score (nSPS) is 10.4. The molecule has 0 spiro atoms. The molecule has 2 heterocycles. The molecule has 0 bridgehead atoms. The summed E-state index contributed by atoms with van der Waals surface area (Å²) in [5.41, 5.74) is 1.61. The molecule has 0 aliphatic heterocycles. The minimum Gasteiger partial charge on any atom is -0.476 e. The van der Waals surface area contributed by atoms with Crippen molar-refractivity contribution >= 4 is 28.2 Å². The van der Waals surface area contributed by atoms with E-state index in [9.17, 15) is 9.90 Å². The van der Waals surface area contributed by atoms with Crippen molar-refractivity contribution in [3.63, 3.8) is 0 Å². The Morgan fingerprint density at radius 1 is 1.10 bits per heavy atom. The van der Waals surface area contributed by atoms with E-state index in [1.165, 1.54) is 0 Å². The van der Waals surface area contributed by atoms with Gasteiger partial charge in [-0.05, 0) is 18.2 Å². The quantitative estimate of drug-likeness (QED) is 0.757. The van der Waals surface area contributed by atoms with Crippen LogP contribution in [0.25, 0.3) is 10.9 Å². The number of benzene rings is 1. The van der Waals surface area contributed by atoms with E-state index >= 15 is 0 Å². The third-order valence-electron chi connectivity index (χ3n) is 2.80. The van der Waals surface area contributed by atoms with Crippen molar-refractivity contribution < 1.29 is 9.90 Å². The Labute approximate surface area is 114 Å². The van der Waals surface area contributed by atoms with Gasteiger partial charge in [0.25, 0.3) is 0 Å². The van der Waals surface area contributed by atoms with E-state index in [-0.39, 0.29) is 5.69 Å². The molecule has 1 aromatic carbocycles. The Balaban J connectivity index is 2.20. The lowest BCUT2D eigenvalue weighted by molar-refractivity contribution is 0.0690. The van der Waals surface area contributed by atoms with Gasteiger partial charge in [-0.2, -0.15) is 0 Å². The van der Waals surface area contributed by atoms with Crippen molar-refractivity contribution in [2.24, 2.45) is 0 Å². The van der Waals surface area contributed by atoms with Gasteiger partial charge in [0.2, 0.25) is 0 Å². The maximum absolute atomic E-state index is 11.3. The molecule has 3 aromatic rings. The van der Waals surface area contributed by atoms with Crippen LogP contribution in [0.3, 0.4) is 0 Å². The Morgan fingerprint density at radius 2 is 1.95 bits per heavy atom. The number of carboxylic acids is 1. The van der Waals surface area contributed by atoms with Crippen molar-refractivity contribution in [3.05, 3.63) is 54.5 Å². The van der Waals surface area contributed by atoms with Gasteiger partial charge < -0.3 is 10.4 Å². The number of carboxylic acid groups (broad SMARTS) is 1. The van der Waals surface area contributed by atoms with Crippen LogP contribution in [-0.4, -0.2) is 26.3 Å². The van der Waals surface area contributed by atoms with Crippen LogP contribution in [0.5, 0.6) is 0 Å². The second kappa shape index (κ2) is 4.93. The number of rotatable bonds is 3. The SMILES string of the molecule is O=C(O)c1nnc2ccccc2c1Nc1cccnc1. The number of anilines is 2. The lowest BCUT2D eigenvalue weighted by Gasteiger charge is -2.10. The second-order valence-corrected chi connectivity index (χ2v) is 4.11. The van der Waals surface area contributed by atoms with Gasteiger partial charge in [-0.25, -0.2) is 4.79 Å². The summed E-state index contributed by atoms with van der Waals surface area (Å²) >= 11 is 0. The molecular weight excluding hydrogens is 256 g/mol. The van der Waals surface area contributed by atoms with E-state index in [4.69, 9.17) is 0 Å². The van der Waals surface area contributed by atoms with Crippen LogP contribution in [0, 0.1) is 0 Å². The second-order valence-electron chi connectivity index (χ2n) is 4.11. The number of nitrogens with zero attached hydrogens (tertiary/aromatic N) is 3. The highest BCUT2D eigenvalue weighted by atomic mass is 16.4. The zero-order valence-corrected chi connectivity index (χ0v) is 10.3. The maximum atomic E-state index is 11.3. The minimum absolute atomic E-state index is 0.118. The van der Waals surface area contributed by atoms with Gasteiger partial charge in [-0.1, -0.05) is 18.2 Å². The number of carbonyl (C=O) groups is 1. The summed E-state index contributed by atoms with van der Waals surface area (Å²) in [5, 5.41) is 20.7. The molecule has 0 aliphatic rings. The highest BCUT2D eigenvalue weighted by Crippen LogP contribution is 2.27. The van der Waals surface area contributed by atoms with Gasteiger partial charge in [0.05, 0.1) is 23.1 Å². The molecule has 0 unspecified atom stereocenters. The molecule has 20 heavy (non-hydrogen) atoms. The van der Waals surface area contributed by atoms with Crippen molar-refractivity contribution in [2.75, 3.05) is 5.32 Å². The minimum atomic E-state index is -1.13. The fraction of sp³-hybridized carbons (Fsp3) is 0. The standard InChI is InChI=1S/C14H10N4O2/c19-14(20)13-12(16-9-4-3-7-15-8-9)10-5-1-2-6-11(10)17-18-13/h1-8H,(H,16,17)(H,19,20). The first kappa shape index (κ1) is 12.0. The lowest BCUT2D eigenvalue weighted by Crippen LogP contribution is -2.08. The summed E-state index contributed by atoms with van der Waals surface area (Å²) in [6.07, 6.45) is 3.26. The number of nitrogens with one attached hydrogen (secondary N) is 1. The van der Waals surface area contributed by atoms with E-state index in [1.807, 2.05) is 12.1 Å². The topological polar surface area (TPSA) is 88.0 Å². The van der Waals surface area contributed by atoms with Crippen LogP contribution >= 0.6 is 0 Å². The summed E-state index contributed by atoms with van der Waals surface area (Å²) in [6.45, 7) is 0. The largest absolute Gasteiger partial charge is 0.476 e. The first-order valence-corrected chi connectivity index (χ1v) is 5.91. The molecule has 0 saturated carbocycles. The van der Waals surface area contributed by atoms with Crippen LogP contribution in [0.15, 0.2) is 48.8 Å². The van der Waals surface area contributed by atoms with Gasteiger partial charge >= 0.3 is 5.97 Å². The van der Waals surface area contributed by atoms with Crippen LogP contribution in [0.2, 0.25) is 0 Å². The summed E-state index contributed by atoms with van der Waals surface area (Å²) in [6, 6.07) is 10.8. The molecule has 6 nitrogen and oxygen atoms in total. The molecule has 0 fully saturated rings. The predicted octanol–water partition coefficient (Wildman–Crippen LogP) is 2.47. The molecule has 0 saturated heterocycles. The highest BCUT2D eigenvalue weighted by Gasteiger charge is 2.16. The lowest BCUT2D eigenvalue weighted by atomic mass is 10.1. The molecule has 2 aromatic heterocycles. The maximum Gasteiger partial charge on any atom is 0.358 e. The number of fused-ring (bicyclic) bond motifs is 1. The molecule has 0 radical (unpaired) electrons. The summed E-state index contributed by atoms with van der Waals surface area (Å²) in [7, 11) is 0. The van der Waals surface area contributed by atoms with E-state index in [1.54, 1.807) is 36.7 Å². The predicted molar refractivity (Wildman–Crippen MR) is 74.0 cm³/mol. The Kier molecular flexibility index (Phi) is 2.96. The van der Waals surface area contributed by atoms with Crippen LogP contribution in [0.1, 0.15) is 10.5 Å². The van der Waals surface area contributed by atoms with Crippen molar-refractivity contribution in [1.82, 2.24) is 15.2 Å². The van der Waals surface area contributed by atoms with Gasteiger partial charge in [0.15, 0.2) is 5.69 Å². The van der Waals surface area contributed by atoms with Crippen LogP contribution in [-0.2, 0) is 0 Å². The summed E-state index contributed by atoms with van der Waals surface area (Å²) in [4.78, 5) is 15.3. The van der Waals surface area contributed by atoms with Crippen molar-refractivity contribution in [3.8, 4) is 0 Å². The van der Waals surface area contributed by atoms with Crippen molar-refractivity contribution in [1.29, 1.82) is 0 Å². The third kappa shape index (κ3) is 2.14. The molecule has 0 amide bonds. The molecular formula is C14H10N4O2. The van der Waals surface area contributed by atoms with Gasteiger partial charge in [-0.15, -0.1) is 10.2 Å². The monoisotopic (exact) mass is 266 g/mol. The number of hydrogen-bond donors (Lipinski definition) is 2. The smallest absolute Gasteiger partial charge is 0.358 e. The van der Waals surface area contributed by atoms with Crippen molar-refractivity contribution in [2.45, 2.75) is 0 Å². The average Bonchev–Trinajstić information content (AvgIpc) is 2.48. The van der Waals surface area contributed by atoms with E-state index in [0.717, 1.165) is 0 Å². The zero-order chi connectivity index (χ0) is 13.9. The van der Waals surface area contributed by atoms with Gasteiger partial charge in [-0.3, -0.25) is 4.98 Å². The van der Waals surface area contributed by atoms with E-state index < -0.39 is 5.97 Å². The summed E-state index contributed by atoms with van der Waals surface area (Å²) in [5.74, 6) is -1.13. The summed E-state index contributed by atoms with van der Waals surface area (Å²) < 4.78 is 0. The van der Waals surface area contributed by atoms with Crippen LogP contribution < -0.4 is 5.32 Å². The van der Waals surface area contributed by atoms with E-state index in [2.05, 4.69) is 20.5 Å². The molecule has 0 aliphatic carbocycles. The Morgan fingerprint density at radius 3 is 2.70 bits per heavy atom. The zero-order valence-electron chi connectivity index (χ0n) is 10.3. The molecule has 6 heteroatoms. The highest BCUT2D eigenvalue weighted by molar-refractivity contribution is 6.03. The Bertz CT molecular complexity index is 774. The number of hydrogen-bond acceptors (Lipinski definition) is 5. The molecule has 98 valence electrons. The first-order valence-electron chi connectivity index (χ1n) is 5.91. The fourth-order valence-corrected chi connectivity index (χ4v) is 1.91. The fourth-order valence-electron chi connectivity index (χ4n) is 1.91. The Hall–Kier alpha value is -3.02. The third-order valence-corrected chi connectivity index (χ3v) is 2.80. The van der Waals surface area contributed by atoms with E-state index in [0.29, 0.717) is 22.3 Å². The van der Waals surface area contributed by atoms with Gasteiger partial charge in [0, 0.05) is 11.6 Å².